The van der Waals surface area contributed by atoms with E-state index in [2.05, 4.69) is 180 Å². The Kier molecular flexibility index (Phi) is 6.34. The molecular weight excluding hydrogens is 705 g/mol. The van der Waals surface area contributed by atoms with Crippen molar-refractivity contribution in [2.45, 2.75) is 5.41 Å². The predicted octanol–water partition coefficient (Wildman–Crippen LogP) is 13.0. The Labute approximate surface area is 334 Å². The Morgan fingerprint density at radius 1 is 0.362 bits per heavy atom. The summed E-state index contributed by atoms with van der Waals surface area (Å²) in [6.45, 7) is 0. The minimum absolute atomic E-state index is 0.481. The number of aromatic nitrogens is 4. The molecule has 2 aliphatic rings. The molecule has 58 heavy (non-hydrogen) atoms. The Bertz CT molecular complexity index is 3490. The fourth-order valence-electron chi connectivity index (χ4n) is 10.3. The Morgan fingerprint density at radius 2 is 0.966 bits per heavy atom. The van der Waals surface area contributed by atoms with E-state index < -0.39 is 5.41 Å². The third-order valence-electron chi connectivity index (χ3n) is 12.6. The fraction of sp³-hybridized carbons (Fsp3) is 0.0185. The summed E-state index contributed by atoms with van der Waals surface area (Å²) in [5.41, 5.74) is 13.8. The first-order valence-electron chi connectivity index (χ1n) is 19.9. The van der Waals surface area contributed by atoms with E-state index in [-0.39, 0.29) is 0 Å². The third-order valence-corrected chi connectivity index (χ3v) is 12.6. The molecule has 0 saturated heterocycles. The summed E-state index contributed by atoms with van der Waals surface area (Å²) in [4.78, 5) is 15.8. The standard InChI is InChI=1S/C54H32N4/c1-3-14-36(15-4-1)51-55-52(37-27-25-34(26-28-37)40-22-11-16-33-13-7-8-20-39(33)40)57-53(56-51)58-45-31-29-35-17-12-24-44-47(35)48(45)49-46(58)32-30-42-41-21-9-10-23-43(41)54(44,50(42)49)38-18-5-2-6-19-38/h1-32H. The maximum atomic E-state index is 5.36. The monoisotopic (exact) mass is 736 g/mol. The van der Waals surface area contributed by atoms with Gasteiger partial charge in [-0.2, -0.15) is 9.97 Å². The van der Waals surface area contributed by atoms with Crippen LogP contribution in [0.3, 0.4) is 0 Å². The Balaban J connectivity index is 1.10. The van der Waals surface area contributed by atoms with Crippen molar-refractivity contribution in [3.05, 3.63) is 216 Å². The van der Waals surface area contributed by atoms with E-state index in [4.69, 9.17) is 15.0 Å². The van der Waals surface area contributed by atoms with Gasteiger partial charge in [-0.25, -0.2) is 4.98 Å². The zero-order valence-corrected chi connectivity index (χ0v) is 31.3. The van der Waals surface area contributed by atoms with E-state index in [1.165, 1.54) is 71.3 Å². The van der Waals surface area contributed by atoms with E-state index >= 15 is 0 Å². The molecule has 2 aromatic heterocycles. The molecule has 0 bridgehead atoms. The largest absolute Gasteiger partial charge is 0.278 e. The van der Waals surface area contributed by atoms with Crippen molar-refractivity contribution in [1.29, 1.82) is 0 Å². The normalized spacial score (nSPS) is 15.0. The van der Waals surface area contributed by atoms with Gasteiger partial charge in [-0.15, -0.1) is 0 Å². The van der Waals surface area contributed by atoms with Gasteiger partial charge in [-0.3, -0.25) is 4.57 Å². The van der Waals surface area contributed by atoms with Crippen LogP contribution >= 0.6 is 0 Å². The fourth-order valence-corrected chi connectivity index (χ4v) is 10.3. The molecule has 2 heterocycles. The topological polar surface area (TPSA) is 43.6 Å². The highest BCUT2D eigenvalue weighted by Gasteiger charge is 2.50. The van der Waals surface area contributed by atoms with Gasteiger partial charge in [0.2, 0.25) is 5.95 Å². The molecule has 2 aliphatic carbocycles. The van der Waals surface area contributed by atoms with E-state index in [0.717, 1.165) is 27.7 Å². The summed E-state index contributed by atoms with van der Waals surface area (Å²) < 4.78 is 2.29. The minimum atomic E-state index is -0.481. The molecule has 0 aliphatic heterocycles. The second kappa shape index (κ2) is 11.7. The second-order valence-corrected chi connectivity index (χ2v) is 15.5. The maximum absolute atomic E-state index is 5.36. The lowest BCUT2D eigenvalue weighted by Crippen LogP contribution is -2.30. The summed E-state index contributed by atoms with van der Waals surface area (Å²) in [6, 6.07) is 70.0. The first-order chi connectivity index (χ1) is 28.8. The van der Waals surface area contributed by atoms with E-state index in [1.807, 2.05) is 18.2 Å². The van der Waals surface area contributed by atoms with E-state index in [1.54, 1.807) is 0 Å². The molecule has 4 nitrogen and oxygen atoms in total. The van der Waals surface area contributed by atoms with Gasteiger partial charge < -0.3 is 0 Å². The van der Waals surface area contributed by atoms with Crippen molar-refractivity contribution >= 4 is 43.4 Å². The molecule has 1 unspecified atom stereocenters. The molecule has 9 aromatic carbocycles. The molecule has 0 amide bonds. The molecule has 0 spiro atoms. The molecule has 0 N–H and O–H groups in total. The van der Waals surface area contributed by atoms with Gasteiger partial charge in [0.05, 0.1) is 16.4 Å². The highest BCUT2D eigenvalue weighted by atomic mass is 15.2. The van der Waals surface area contributed by atoms with Crippen molar-refractivity contribution in [1.82, 2.24) is 19.5 Å². The van der Waals surface area contributed by atoms with Crippen LogP contribution in [-0.4, -0.2) is 19.5 Å². The van der Waals surface area contributed by atoms with Crippen LogP contribution in [0.15, 0.2) is 194 Å². The van der Waals surface area contributed by atoms with Crippen LogP contribution in [0.25, 0.3) is 94.3 Å². The number of fused-ring (bicyclic) bond motifs is 5. The zero-order valence-electron chi connectivity index (χ0n) is 31.3. The summed E-state index contributed by atoms with van der Waals surface area (Å²) in [5, 5.41) is 7.49. The highest BCUT2D eigenvalue weighted by molar-refractivity contribution is 6.27. The molecule has 11 aromatic rings. The van der Waals surface area contributed by atoms with Crippen molar-refractivity contribution in [3.63, 3.8) is 0 Å². The SMILES string of the molecule is c1ccc(-c2nc(-c3ccc(-c4cccc5ccccc45)cc3)nc(-n3c4ccc5c6c4c4c7c(cccc7ccc43)C6(c3ccccc3)c3ccccc3-5)n2)cc1. The van der Waals surface area contributed by atoms with E-state index in [9.17, 15) is 0 Å². The van der Waals surface area contributed by atoms with Gasteiger partial charge in [0.1, 0.15) is 0 Å². The van der Waals surface area contributed by atoms with Gasteiger partial charge in [0.15, 0.2) is 11.6 Å². The number of hydrogen-bond donors (Lipinski definition) is 0. The first-order valence-corrected chi connectivity index (χ1v) is 19.9. The number of rotatable bonds is 5. The van der Waals surface area contributed by atoms with Gasteiger partial charge >= 0.3 is 0 Å². The average molecular weight is 737 g/mol. The minimum Gasteiger partial charge on any atom is -0.278 e. The molecule has 268 valence electrons. The molecule has 0 saturated carbocycles. The second-order valence-electron chi connectivity index (χ2n) is 15.5. The Hall–Kier alpha value is -7.69. The van der Waals surface area contributed by atoms with Gasteiger partial charge in [0, 0.05) is 21.9 Å². The van der Waals surface area contributed by atoms with Crippen LogP contribution in [-0.2, 0) is 5.41 Å². The highest BCUT2D eigenvalue weighted by Crippen LogP contribution is 2.63. The van der Waals surface area contributed by atoms with Crippen LogP contribution < -0.4 is 0 Å². The van der Waals surface area contributed by atoms with Crippen molar-refractivity contribution in [2.24, 2.45) is 0 Å². The molecule has 0 radical (unpaired) electrons. The predicted molar refractivity (Wildman–Crippen MR) is 236 cm³/mol. The quantitative estimate of drug-likeness (QED) is 0.177. The lowest BCUT2D eigenvalue weighted by molar-refractivity contribution is 0.782. The van der Waals surface area contributed by atoms with Crippen molar-refractivity contribution < 1.29 is 0 Å². The smallest absolute Gasteiger partial charge is 0.238 e. The summed E-state index contributed by atoms with van der Waals surface area (Å²) >= 11 is 0. The number of nitrogens with zero attached hydrogens (tertiary/aromatic N) is 4. The zero-order chi connectivity index (χ0) is 38.0. The lowest BCUT2D eigenvalue weighted by atomic mass is 9.63. The molecule has 13 rings (SSSR count). The van der Waals surface area contributed by atoms with E-state index in [0.29, 0.717) is 17.6 Å². The van der Waals surface area contributed by atoms with Crippen LogP contribution in [0.2, 0.25) is 0 Å². The third kappa shape index (κ3) is 4.10. The molecular formula is C54H32N4. The van der Waals surface area contributed by atoms with Gasteiger partial charge in [-0.05, 0) is 78.2 Å². The van der Waals surface area contributed by atoms with Crippen LogP contribution in [0.4, 0.5) is 0 Å². The van der Waals surface area contributed by atoms with Crippen LogP contribution in [0.1, 0.15) is 22.3 Å². The maximum Gasteiger partial charge on any atom is 0.238 e. The number of hydrogen-bond acceptors (Lipinski definition) is 3. The summed E-state index contributed by atoms with van der Waals surface area (Å²) in [5.74, 6) is 1.87. The summed E-state index contributed by atoms with van der Waals surface area (Å²) in [6.07, 6.45) is 0. The van der Waals surface area contributed by atoms with Gasteiger partial charge in [-0.1, -0.05) is 182 Å². The summed E-state index contributed by atoms with van der Waals surface area (Å²) in [7, 11) is 0. The molecule has 4 heteroatoms. The van der Waals surface area contributed by atoms with Crippen LogP contribution in [0, 0.1) is 0 Å². The van der Waals surface area contributed by atoms with Crippen molar-refractivity contribution in [3.8, 4) is 51.0 Å². The molecule has 0 fully saturated rings. The van der Waals surface area contributed by atoms with Crippen LogP contribution in [0.5, 0.6) is 0 Å². The first kappa shape index (κ1) is 31.5. The lowest BCUT2D eigenvalue weighted by Gasteiger charge is -2.37. The molecule has 1 atom stereocenters. The Morgan fingerprint density at radius 3 is 1.81 bits per heavy atom. The van der Waals surface area contributed by atoms with Crippen molar-refractivity contribution in [2.75, 3.05) is 0 Å². The average Bonchev–Trinajstić information content (AvgIpc) is 3.80. The van der Waals surface area contributed by atoms with Gasteiger partial charge in [0.25, 0.3) is 0 Å². The number of benzene rings is 9.